The highest BCUT2D eigenvalue weighted by atomic mass is 32.1. The van der Waals surface area contributed by atoms with E-state index in [1.54, 1.807) is 0 Å². The van der Waals surface area contributed by atoms with Gasteiger partial charge in [-0.25, -0.2) is 14.2 Å². The van der Waals surface area contributed by atoms with E-state index >= 15 is 0 Å². The van der Waals surface area contributed by atoms with Crippen LogP contribution in [0.5, 0.6) is 5.75 Å². The Morgan fingerprint density at radius 3 is 2.64 bits per heavy atom. The molecule has 0 bridgehead atoms. The van der Waals surface area contributed by atoms with E-state index in [0.29, 0.717) is 10.5 Å². The van der Waals surface area contributed by atoms with Crippen LogP contribution in [0.1, 0.15) is 20.9 Å². The minimum atomic E-state index is -0.621. The number of esters is 1. The van der Waals surface area contributed by atoms with Gasteiger partial charge < -0.3 is 10.5 Å². The molecule has 0 unspecified atom stereocenters. The van der Waals surface area contributed by atoms with Crippen LogP contribution < -0.4 is 10.5 Å². The number of fused-ring (bicyclic) bond motifs is 1. The molecule has 2 aromatic heterocycles. The molecular weight excluding hydrogens is 303 g/mol. The zero-order valence-corrected chi connectivity index (χ0v) is 12.8. The van der Waals surface area contributed by atoms with Crippen LogP contribution in [0.3, 0.4) is 0 Å². The fourth-order valence-electron chi connectivity index (χ4n) is 2.16. The van der Waals surface area contributed by atoms with Gasteiger partial charge in [0.2, 0.25) is 0 Å². The van der Waals surface area contributed by atoms with Gasteiger partial charge in [-0.05, 0) is 49.7 Å². The number of ether oxygens (including phenoxy) is 1. The molecule has 0 amide bonds. The van der Waals surface area contributed by atoms with Crippen LogP contribution >= 0.6 is 11.3 Å². The molecule has 0 spiro atoms. The zero-order chi connectivity index (χ0) is 15.9. The molecule has 4 nitrogen and oxygen atoms in total. The van der Waals surface area contributed by atoms with Crippen LogP contribution in [0.15, 0.2) is 30.3 Å². The lowest BCUT2D eigenvalue weighted by Crippen LogP contribution is -2.11. The van der Waals surface area contributed by atoms with Crippen molar-refractivity contribution in [3.05, 3.63) is 52.3 Å². The van der Waals surface area contributed by atoms with Crippen molar-refractivity contribution in [1.82, 2.24) is 4.98 Å². The van der Waals surface area contributed by atoms with Crippen molar-refractivity contribution in [3.63, 3.8) is 0 Å². The first kappa shape index (κ1) is 14.5. The van der Waals surface area contributed by atoms with Gasteiger partial charge in [0, 0.05) is 16.0 Å². The zero-order valence-electron chi connectivity index (χ0n) is 12.0. The average molecular weight is 316 g/mol. The topological polar surface area (TPSA) is 65.2 Å². The molecule has 0 aliphatic heterocycles. The van der Waals surface area contributed by atoms with Crippen LogP contribution in [0.2, 0.25) is 0 Å². The number of benzene rings is 1. The standard InChI is InChI=1S/C16H13FN2O2S/c1-8-9(2)22-15-14(8)12(18)7-13(19-15)16(20)21-11-5-3-10(17)4-6-11/h3-7H,1-2H3,(H2,18,19). The highest BCUT2D eigenvalue weighted by Gasteiger charge is 2.16. The lowest BCUT2D eigenvalue weighted by molar-refractivity contribution is 0.0729. The van der Waals surface area contributed by atoms with E-state index in [9.17, 15) is 9.18 Å². The number of pyridine rings is 1. The molecule has 0 atom stereocenters. The smallest absolute Gasteiger partial charge is 0.362 e. The molecule has 22 heavy (non-hydrogen) atoms. The van der Waals surface area contributed by atoms with E-state index in [-0.39, 0.29) is 11.4 Å². The normalized spacial score (nSPS) is 10.9. The average Bonchev–Trinajstić information content (AvgIpc) is 2.77. The quantitative estimate of drug-likeness (QED) is 0.576. The highest BCUT2D eigenvalue weighted by molar-refractivity contribution is 7.18. The number of nitrogens with two attached hydrogens (primary N) is 1. The van der Waals surface area contributed by atoms with Crippen LogP contribution in [0, 0.1) is 19.7 Å². The van der Waals surface area contributed by atoms with Gasteiger partial charge in [-0.2, -0.15) is 0 Å². The summed E-state index contributed by atoms with van der Waals surface area (Å²) in [6.45, 7) is 3.96. The lowest BCUT2D eigenvalue weighted by atomic mass is 10.1. The fourth-order valence-corrected chi connectivity index (χ4v) is 3.22. The molecule has 0 saturated carbocycles. The molecule has 2 heterocycles. The van der Waals surface area contributed by atoms with E-state index in [4.69, 9.17) is 10.5 Å². The van der Waals surface area contributed by atoms with Crippen molar-refractivity contribution in [3.8, 4) is 5.75 Å². The number of nitrogen functional groups attached to an aromatic ring is 1. The summed E-state index contributed by atoms with van der Waals surface area (Å²) < 4.78 is 18.0. The second-order valence-corrected chi connectivity index (χ2v) is 6.11. The number of halogens is 1. The minimum Gasteiger partial charge on any atom is -0.422 e. The summed E-state index contributed by atoms with van der Waals surface area (Å²) >= 11 is 1.48. The van der Waals surface area contributed by atoms with Crippen molar-refractivity contribution >= 4 is 33.2 Å². The Balaban J connectivity index is 1.95. The number of anilines is 1. The van der Waals surface area contributed by atoms with Gasteiger partial charge in [0.05, 0.1) is 0 Å². The summed E-state index contributed by atoms with van der Waals surface area (Å²) in [7, 11) is 0. The maximum Gasteiger partial charge on any atom is 0.362 e. The number of carbonyl (C=O) groups is 1. The second-order valence-electron chi connectivity index (χ2n) is 4.90. The molecular formula is C16H13FN2O2S. The van der Waals surface area contributed by atoms with Gasteiger partial charge in [0.15, 0.2) is 5.69 Å². The Bertz CT molecular complexity index is 872. The summed E-state index contributed by atoms with van der Waals surface area (Å²) in [4.78, 5) is 18.3. The molecule has 0 radical (unpaired) electrons. The van der Waals surface area contributed by atoms with E-state index in [0.717, 1.165) is 15.8 Å². The maximum atomic E-state index is 12.8. The van der Waals surface area contributed by atoms with E-state index in [2.05, 4.69) is 4.98 Å². The third-order valence-corrected chi connectivity index (χ3v) is 4.50. The number of hydrogen-bond donors (Lipinski definition) is 1. The van der Waals surface area contributed by atoms with Crippen LogP contribution in [-0.4, -0.2) is 11.0 Å². The molecule has 0 fully saturated rings. The first-order valence-corrected chi connectivity index (χ1v) is 7.41. The molecule has 3 rings (SSSR count). The minimum absolute atomic E-state index is 0.135. The van der Waals surface area contributed by atoms with Crippen LogP contribution in [0.4, 0.5) is 10.1 Å². The molecule has 1 aromatic carbocycles. The second kappa shape index (κ2) is 5.38. The maximum absolute atomic E-state index is 12.8. The van der Waals surface area contributed by atoms with Crippen molar-refractivity contribution in [1.29, 1.82) is 0 Å². The van der Waals surface area contributed by atoms with Crippen molar-refractivity contribution < 1.29 is 13.9 Å². The monoisotopic (exact) mass is 316 g/mol. The number of aromatic nitrogens is 1. The van der Waals surface area contributed by atoms with E-state index in [1.165, 1.54) is 41.7 Å². The molecule has 2 N–H and O–H groups in total. The number of thiophene rings is 1. The molecule has 0 aliphatic carbocycles. The summed E-state index contributed by atoms with van der Waals surface area (Å²) in [6.07, 6.45) is 0. The Labute approximate surface area is 130 Å². The van der Waals surface area contributed by atoms with Gasteiger partial charge in [-0.1, -0.05) is 0 Å². The Kier molecular flexibility index (Phi) is 3.54. The van der Waals surface area contributed by atoms with Crippen molar-refractivity contribution in [2.75, 3.05) is 5.73 Å². The molecule has 0 saturated heterocycles. The third-order valence-electron chi connectivity index (χ3n) is 3.40. The number of nitrogens with zero attached hydrogens (tertiary/aromatic N) is 1. The third kappa shape index (κ3) is 2.53. The number of hydrogen-bond acceptors (Lipinski definition) is 5. The van der Waals surface area contributed by atoms with Crippen molar-refractivity contribution in [2.45, 2.75) is 13.8 Å². The predicted molar refractivity (Wildman–Crippen MR) is 84.9 cm³/mol. The summed E-state index contributed by atoms with van der Waals surface area (Å²) in [5, 5.41) is 0.876. The van der Waals surface area contributed by atoms with Gasteiger partial charge in [0.25, 0.3) is 0 Å². The number of aryl methyl sites for hydroxylation is 2. The first-order valence-electron chi connectivity index (χ1n) is 6.59. The van der Waals surface area contributed by atoms with Gasteiger partial charge in [-0.15, -0.1) is 11.3 Å². The molecule has 3 aromatic rings. The molecule has 112 valence electrons. The highest BCUT2D eigenvalue weighted by Crippen LogP contribution is 2.33. The predicted octanol–water partition coefficient (Wildman–Crippen LogP) is 3.85. The Morgan fingerprint density at radius 2 is 1.95 bits per heavy atom. The lowest BCUT2D eigenvalue weighted by Gasteiger charge is -2.05. The first-order chi connectivity index (χ1) is 10.5. The van der Waals surface area contributed by atoms with Crippen LogP contribution in [-0.2, 0) is 0 Å². The summed E-state index contributed by atoms with van der Waals surface area (Å²) in [5.41, 5.74) is 7.74. The number of rotatable bonds is 2. The fraction of sp³-hybridized carbons (Fsp3) is 0.125. The Morgan fingerprint density at radius 1 is 1.27 bits per heavy atom. The van der Waals surface area contributed by atoms with E-state index in [1.807, 2.05) is 13.8 Å². The van der Waals surface area contributed by atoms with E-state index < -0.39 is 11.8 Å². The summed E-state index contributed by atoms with van der Waals surface area (Å²) in [6, 6.07) is 6.72. The Hall–Kier alpha value is -2.47. The molecule has 6 heteroatoms. The molecule has 0 aliphatic rings. The van der Waals surface area contributed by atoms with Crippen molar-refractivity contribution in [2.24, 2.45) is 0 Å². The largest absolute Gasteiger partial charge is 0.422 e. The van der Waals surface area contributed by atoms with Gasteiger partial charge in [0.1, 0.15) is 16.4 Å². The van der Waals surface area contributed by atoms with Gasteiger partial charge >= 0.3 is 5.97 Å². The SMILES string of the molecule is Cc1sc2nc(C(=O)Oc3ccc(F)cc3)cc(N)c2c1C. The number of carbonyl (C=O) groups excluding carboxylic acids is 1. The summed E-state index contributed by atoms with van der Waals surface area (Å²) in [5.74, 6) is -0.762. The van der Waals surface area contributed by atoms with Gasteiger partial charge in [-0.3, -0.25) is 0 Å². The van der Waals surface area contributed by atoms with Crippen LogP contribution in [0.25, 0.3) is 10.2 Å².